The van der Waals surface area contributed by atoms with E-state index in [0.717, 1.165) is 37.5 Å². The molecule has 0 unspecified atom stereocenters. The van der Waals surface area contributed by atoms with Crippen LogP contribution in [-0.2, 0) is 11.2 Å². The minimum Gasteiger partial charge on any atom is -0.497 e. The van der Waals surface area contributed by atoms with Gasteiger partial charge in [-0.2, -0.15) is 0 Å². The van der Waals surface area contributed by atoms with Crippen LogP contribution in [0.5, 0.6) is 5.75 Å². The molecule has 1 aliphatic heterocycles. The molecular formula is C14H19N2O2-. The Morgan fingerprint density at radius 1 is 1.22 bits per heavy atom. The maximum atomic E-state index is 12.1. The number of methoxy groups -OCH3 is 1. The number of benzene rings is 1. The van der Waals surface area contributed by atoms with E-state index in [2.05, 4.69) is 7.05 Å². The van der Waals surface area contributed by atoms with E-state index in [9.17, 15) is 4.79 Å². The Kier molecular flexibility index (Phi) is 4.20. The number of carbonyl (C=O) groups excluding carboxylic acids is 1. The standard InChI is InChI=1S/C14H19N2O2/c1-15-7-9-16(10-8-15)14(17)11-12-3-5-13(18-2)6-4-12/h3-6H,1,7-11H2,2H3/q-1. The Morgan fingerprint density at radius 3 is 2.39 bits per heavy atom. The molecule has 0 saturated carbocycles. The summed E-state index contributed by atoms with van der Waals surface area (Å²) in [5, 5.41) is 0. The third-order valence-corrected chi connectivity index (χ3v) is 3.24. The quantitative estimate of drug-likeness (QED) is 0.752. The van der Waals surface area contributed by atoms with Gasteiger partial charge in [-0.3, -0.25) is 11.8 Å². The molecule has 1 amide bonds. The monoisotopic (exact) mass is 247 g/mol. The Hall–Kier alpha value is -1.55. The van der Waals surface area contributed by atoms with Gasteiger partial charge in [0.15, 0.2) is 0 Å². The van der Waals surface area contributed by atoms with Crippen molar-refractivity contribution in [1.82, 2.24) is 9.80 Å². The normalized spacial score (nSPS) is 16.7. The van der Waals surface area contributed by atoms with Gasteiger partial charge in [0, 0.05) is 13.1 Å². The molecule has 98 valence electrons. The number of hydrogen-bond acceptors (Lipinski definition) is 3. The molecule has 0 bridgehead atoms. The molecule has 0 aliphatic carbocycles. The van der Waals surface area contributed by atoms with Crippen LogP contribution in [0.2, 0.25) is 0 Å². The average molecular weight is 247 g/mol. The first-order valence-electron chi connectivity index (χ1n) is 6.15. The van der Waals surface area contributed by atoms with Crippen LogP contribution in [0.15, 0.2) is 24.3 Å². The first kappa shape index (κ1) is 12.9. The fourth-order valence-corrected chi connectivity index (χ4v) is 2.03. The molecule has 1 heterocycles. The van der Waals surface area contributed by atoms with Gasteiger partial charge in [-0.05, 0) is 30.8 Å². The lowest BCUT2D eigenvalue weighted by Gasteiger charge is -2.37. The second-order valence-electron chi connectivity index (χ2n) is 4.52. The van der Waals surface area contributed by atoms with Gasteiger partial charge in [-0.15, -0.1) is 0 Å². The zero-order valence-corrected chi connectivity index (χ0v) is 10.8. The van der Waals surface area contributed by atoms with E-state index >= 15 is 0 Å². The highest BCUT2D eigenvalue weighted by Gasteiger charge is 2.16. The van der Waals surface area contributed by atoms with E-state index in [1.165, 1.54) is 0 Å². The van der Waals surface area contributed by atoms with Gasteiger partial charge in [0.25, 0.3) is 0 Å². The Balaban J connectivity index is 1.90. The summed E-state index contributed by atoms with van der Waals surface area (Å²) >= 11 is 0. The van der Waals surface area contributed by atoms with Crippen LogP contribution in [0, 0.1) is 7.05 Å². The number of hydrogen-bond donors (Lipinski definition) is 0. The van der Waals surface area contributed by atoms with Crippen LogP contribution in [0.25, 0.3) is 0 Å². The molecule has 4 nitrogen and oxygen atoms in total. The third-order valence-electron chi connectivity index (χ3n) is 3.24. The summed E-state index contributed by atoms with van der Waals surface area (Å²) in [6, 6.07) is 7.65. The molecule has 1 saturated heterocycles. The highest BCUT2D eigenvalue weighted by atomic mass is 16.5. The fourth-order valence-electron chi connectivity index (χ4n) is 2.03. The second-order valence-corrected chi connectivity index (χ2v) is 4.52. The van der Waals surface area contributed by atoms with Crippen molar-refractivity contribution in [3.63, 3.8) is 0 Å². The Labute approximate surface area is 108 Å². The van der Waals surface area contributed by atoms with Crippen LogP contribution in [-0.4, -0.2) is 49.0 Å². The molecule has 18 heavy (non-hydrogen) atoms. The van der Waals surface area contributed by atoms with Crippen LogP contribution >= 0.6 is 0 Å². The van der Waals surface area contributed by atoms with Gasteiger partial charge in [0.1, 0.15) is 5.75 Å². The summed E-state index contributed by atoms with van der Waals surface area (Å²) in [5.41, 5.74) is 1.03. The molecule has 0 atom stereocenters. The Morgan fingerprint density at radius 2 is 1.83 bits per heavy atom. The smallest absolute Gasteiger partial charge is 0.227 e. The summed E-state index contributed by atoms with van der Waals surface area (Å²) in [6.07, 6.45) is 0.459. The summed E-state index contributed by atoms with van der Waals surface area (Å²) in [7, 11) is 5.51. The highest BCUT2D eigenvalue weighted by Crippen LogP contribution is 2.13. The van der Waals surface area contributed by atoms with Crippen LogP contribution in [0.1, 0.15) is 5.56 Å². The van der Waals surface area contributed by atoms with E-state index in [1.807, 2.05) is 34.1 Å². The van der Waals surface area contributed by atoms with Gasteiger partial charge in [0.2, 0.25) is 5.91 Å². The number of nitrogens with zero attached hydrogens (tertiary/aromatic N) is 2. The van der Waals surface area contributed by atoms with Gasteiger partial charge in [0.05, 0.1) is 13.5 Å². The SMILES string of the molecule is [CH2-]N1CCN(C(=O)Cc2ccc(OC)cc2)CC1. The lowest BCUT2D eigenvalue weighted by atomic mass is 10.1. The van der Waals surface area contributed by atoms with E-state index in [4.69, 9.17) is 4.74 Å². The molecule has 1 aromatic rings. The van der Waals surface area contributed by atoms with Crippen molar-refractivity contribution in [2.75, 3.05) is 33.3 Å². The predicted molar refractivity (Wildman–Crippen MR) is 70.2 cm³/mol. The largest absolute Gasteiger partial charge is 0.497 e. The van der Waals surface area contributed by atoms with Crippen molar-refractivity contribution in [2.24, 2.45) is 0 Å². The van der Waals surface area contributed by atoms with Crippen molar-refractivity contribution in [3.8, 4) is 5.75 Å². The number of carbonyl (C=O) groups is 1. The summed E-state index contributed by atoms with van der Waals surface area (Å²) in [4.78, 5) is 16.0. The van der Waals surface area contributed by atoms with Gasteiger partial charge in [-0.25, -0.2) is 0 Å². The molecule has 0 radical (unpaired) electrons. The van der Waals surface area contributed by atoms with E-state index < -0.39 is 0 Å². The number of piperazine rings is 1. The molecule has 1 aliphatic rings. The van der Waals surface area contributed by atoms with Crippen molar-refractivity contribution in [3.05, 3.63) is 36.9 Å². The van der Waals surface area contributed by atoms with E-state index in [0.29, 0.717) is 6.42 Å². The first-order valence-corrected chi connectivity index (χ1v) is 6.15. The van der Waals surface area contributed by atoms with Crippen LogP contribution < -0.4 is 4.74 Å². The van der Waals surface area contributed by atoms with Gasteiger partial charge >= 0.3 is 0 Å². The number of amides is 1. The zero-order chi connectivity index (χ0) is 13.0. The van der Waals surface area contributed by atoms with Crippen molar-refractivity contribution < 1.29 is 9.53 Å². The molecule has 2 rings (SSSR count). The second kappa shape index (κ2) is 5.87. The predicted octanol–water partition coefficient (Wildman–Crippen LogP) is 1.17. The average Bonchev–Trinajstić information content (AvgIpc) is 2.40. The minimum absolute atomic E-state index is 0.188. The third kappa shape index (κ3) is 3.23. The topological polar surface area (TPSA) is 32.8 Å². The van der Waals surface area contributed by atoms with Crippen molar-refractivity contribution >= 4 is 5.91 Å². The van der Waals surface area contributed by atoms with E-state index in [-0.39, 0.29) is 5.91 Å². The molecule has 0 spiro atoms. The maximum absolute atomic E-state index is 12.1. The highest BCUT2D eigenvalue weighted by molar-refractivity contribution is 5.78. The van der Waals surface area contributed by atoms with Crippen LogP contribution in [0.4, 0.5) is 0 Å². The lowest BCUT2D eigenvalue weighted by Crippen LogP contribution is -2.46. The van der Waals surface area contributed by atoms with E-state index in [1.54, 1.807) is 7.11 Å². The minimum atomic E-state index is 0.188. The molecule has 1 fully saturated rings. The Bertz CT molecular complexity index is 395. The summed E-state index contributed by atoms with van der Waals surface area (Å²) in [5.74, 6) is 1.00. The molecule has 0 aromatic heterocycles. The zero-order valence-electron chi connectivity index (χ0n) is 10.8. The molecule has 1 aromatic carbocycles. The van der Waals surface area contributed by atoms with Gasteiger partial charge < -0.3 is 14.5 Å². The van der Waals surface area contributed by atoms with Crippen molar-refractivity contribution in [1.29, 1.82) is 0 Å². The van der Waals surface area contributed by atoms with Crippen molar-refractivity contribution in [2.45, 2.75) is 6.42 Å². The van der Waals surface area contributed by atoms with Crippen LogP contribution in [0.3, 0.4) is 0 Å². The summed E-state index contributed by atoms with van der Waals surface area (Å²) in [6.45, 7) is 3.26. The molecular weight excluding hydrogens is 228 g/mol. The number of ether oxygens (including phenoxy) is 1. The molecule has 4 heteroatoms. The number of rotatable bonds is 3. The first-order chi connectivity index (χ1) is 8.69. The lowest BCUT2D eigenvalue weighted by molar-refractivity contribution is -0.131. The summed E-state index contributed by atoms with van der Waals surface area (Å²) < 4.78 is 5.09. The maximum Gasteiger partial charge on any atom is 0.227 e. The molecule has 0 N–H and O–H groups in total. The fraction of sp³-hybridized carbons (Fsp3) is 0.429. The van der Waals surface area contributed by atoms with Gasteiger partial charge in [-0.1, -0.05) is 12.1 Å².